The van der Waals surface area contributed by atoms with Gasteiger partial charge in [0, 0.05) is 12.6 Å². The lowest BCUT2D eigenvalue weighted by Gasteiger charge is -2.15. The summed E-state index contributed by atoms with van der Waals surface area (Å²) in [5, 5.41) is 3.49. The molecule has 1 rings (SSSR count). The Morgan fingerprint density at radius 2 is 1.75 bits per heavy atom. The molecule has 90 valence electrons. The molecule has 1 heteroatoms. The Kier molecular flexibility index (Phi) is 5.01. The van der Waals surface area contributed by atoms with Crippen LogP contribution in [0.5, 0.6) is 0 Å². The molecule has 0 heterocycles. The van der Waals surface area contributed by atoms with Gasteiger partial charge in [0.05, 0.1) is 0 Å². The summed E-state index contributed by atoms with van der Waals surface area (Å²) in [7, 11) is 0. The average Bonchev–Trinajstić information content (AvgIpc) is 2.15. The first-order valence-electron chi connectivity index (χ1n) is 6.31. The van der Waals surface area contributed by atoms with Crippen LogP contribution in [0.2, 0.25) is 0 Å². The van der Waals surface area contributed by atoms with Crippen LogP contribution in [0.3, 0.4) is 0 Å². The fourth-order valence-corrected chi connectivity index (χ4v) is 1.87. The highest BCUT2D eigenvalue weighted by atomic mass is 14.9. The van der Waals surface area contributed by atoms with Crippen LogP contribution in [0.1, 0.15) is 44.4 Å². The molecule has 1 N–H and O–H groups in total. The van der Waals surface area contributed by atoms with Gasteiger partial charge in [0.1, 0.15) is 0 Å². The summed E-state index contributed by atoms with van der Waals surface area (Å²) >= 11 is 0. The number of hydrogen-bond acceptors (Lipinski definition) is 1. The van der Waals surface area contributed by atoms with Crippen molar-refractivity contribution < 1.29 is 0 Å². The van der Waals surface area contributed by atoms with Crippen molar-refractivity contribution in [2.24, 2.45) is 5.92 Å². The van der Waals surface area contributed by atoms with Gasteiger partial charge in [-0.15, -0.1) is 0 Å². The molecule has 0 aliphatic carbocycles. The third-order valence-corrected chi connectivity index (χ3v) is 2.69. The largest absolute Gasteiger partial charge is 0.310 e. The fourth-order valence-electron chi connectivity index (χ4n) is 1.87. The topological polar surface area (TPSA) is 12.0 Å². The van der Waals surface area contributed by atoms with Gasteiger partial charge in [0.15, 0.2) is 0 Å². The van der Waals surface area contributed by atoms with Gasteiger partial charge >= 0.3 is 0 Å². The number of benzene rings is 1. The molecule has 0 fully saturated rings. The summed E-state index contributed by atoms with van der Waals surface area (Å²) in [4.78, 5) is 0. The van der Waals surface area contributed by atoms with Gasteiger partial charge in [0.25, 0.3) is 0 Å². The van der Waals surface area contributed by atoms with Gasteiger partial charge in [0.2, 0.25) is 0 Å². The third-order valence-electron chi connectivity index (χ3n) is 2.69. The predicted octanol–water partition coefficient (Wildman–Crippen LogP) is 3.69. The highest BCUT2D eigenvalue weighted by Crippen LogP contribution is 2.16. The second-order valence-corrected chi connectivity index (χ2v) is 5.41. The van der Waals surface area contributed by atoms with Gasteiger partial charge < -0.3 is 5.32 Å². The maximum absolute atomic E-state index is 3.49. The quantitative estimate of drug-likeness (QED) is 0.796. The molecule has 1 nitrogen and oxygen atoms in total. The Hall–Kier alpha value is -0.820. The molecule has 1 aromatic rings. The minimum Gasteiger partial charge on any atom is -0.310 e. The standard InChI is InChI=1S/C15H25N/c1-11(2)8-15-9-13(5)6-7-14(15)10-16-12(3)4/h6-7,9,11-12,16H,8,10H2,1-5H3. The number of hydrogen-bond donors (Lipinski definition) is 1. The minimum absolute atomic E-state index is 0.549. The Morgan fingerprint density at radius 3 is 2.31 bits per heavy atom. The summed E-state index contributed by atoms with van der Waals surface area (Å²) < 4.78 is 0. The molecule has 0 radical (unpaired) electrons. The molecular formula is C15H25N. The molecule has 1 aromatic carbocycles. The lowest BCUT2D eigenvalue weighted by atomic mass is 9.96. The van der Waals surface area contributed by atoms with E-state index in [0.717, 1.165) is 12.5 Å². The molecule has 16 heavy (non-hydrogen) atoms. The van der Waals surface area contributed by atoms with Crippen LogP contribution in [0.25, 0.3) is 0 Å². The minimum atomic E-state index is 0.549. The van der Waals surface area contributed by atoms with E-state index in [0.29, 0.717) is 6.04 Å². The van der Waals surface area contributed by atoms with Crippen molar-refractivity contribution in [1.82, 2.24) is 5.32 Å². The van der Waals surface area contributed by atoms with Crippen LogP contribution in [0.4, 0.5) is 0 Å². The van der Waals surface area contributed by atoms with E-state index in [9.17, 15) is 0 Å². The number of aryl methyl sites for hydroxylation is 1. The van der Waals surface area contributed by atoms with Crippen molar-refractivity contribution in [2.45, 2.75) is 53.6 Å². The highest BCUT2D eigenvalue weighted by Gasteiger charge is 2.05. The second kappa shape index (κ2) is 6.05. The van der Waals surface area contributed by atoms with E-state index < -0.39 is 0 Å². The van der Waals surface area contributed by atoms with Crippen molar-refractivity contribution >= 4 is 0 Å². The van der Waals surface area contributed by atoms with Crippen molar-refractivity contribution in [3.63, 3.8) is 0 Å². The van der Waals surface area contributed by atoms with Gasteiger partial charge in [-0.25, -0.2) is 0 Å². The average molecular weight is 219 g/mol. The smallest absolute Gasteiger partial charge is 0.0210 e. The monoisotopic (exact) mass is 219 g/mol. The van der Waals surface area contributed by atoms with Crippen molar-refractivity contribution in [3.05, 3.63) is 34.9 Å². The first-order chi connectivity index (χ1) is 7.49. The highest BCUT2D eigenvalue weighted by molar-refractivity contribution is 5.31. The molecule has 0 saturated carbocycles. The molecule has 0 aliphatic heterocycles. The van der Waals surface area contributed by atoms with Crippen LogP contribution in [-0.2, 0) is 13.0 Å². The molecule has 0 aliphatic rings. The van der Waals surface area contributed by atoms with Crippen LogP contribution in [-0.4, -0.2) is 6.04 Å². The number of nitrogens with one attached hydrogen (secondary N) is 1. The van der Waals surface area contributed by atoms with E-state index >= 15 is 0 Å². The van der Waals surface area contributed by atoms with Gasteiger partial charge in [-0.2, -0.15) is 0 Å². The van der Waals surface area contributed by atoms with E-state index in [2.05, 4.69) is 58.1 Å². The van der Waals surface area contributed by atoms with E-state index in [1.165, 1.54) is 23.1 Å². The van der Waals surface area contributed by atoms with E-state index in [-0.39, 0.29) is 0 Å². The summed E-state index contributed by atoms with van der Waals surface area (Å²) in [5.41, 5.74) is 4.32. The second-order valence-electron chi connectivity index (χ2n) is 5.41. The molecule has 0 unspecified atom stereocenters. The van der Waals surface area contributed by atoms with Crippen LogP contribution < -0.4 is 5.32 Å². The van der Waals surface area contributed by atoms with Crippen molar-refractivity contribution in [3.8, 4) is 0 Å². The predicted molar refractivity (Wildman–Crippen MR) is 71.7 cm³/mol. The summed E-state index contributed by atoms with van der Waals surface area (Å²) in [5.74, 6) is 0.722. The van der Waals surface area contributed by atoms with Crippen LogP contribution in [0.15, 0.2) is 18.2 Å². The SMILES string of the molecule is Cc1ccc(CNC(C)C)c(CC(C)C)c1. The molecule has 0 amide bonds. The summed E-state index contributed by atoms with van der Waals surface area (Å²) in [6.45, 7) is 12.1. The van der Waals surface area contributed by atoms with E-state index in [4.69, 9.17) is 0 Å². The zero-order valence-corrected chi connectivity index (χ0v) is 11.3. The fraction of sp³-hybridized carbons (Fsp3) is 0.600. The van der Waals surface area contributed by atoms with Crippen molar-refractivity contribution in [1.29, 1.82) is 0 Å². The van der Waals surface area contributed by atoms with Crippen molar-refractivity contribution in [2.75, 3.05) is 0 Å². The molecule has 0 saturated heterocycles. The Balaban J connectivity index is 2.80. The van der Waals surface area contributed by atoms with E-state index in [1.54, 1.807) is 0 Å². The lowest BCUT2D eigenvalue weighted by Crippen LogP contribution is -2.22. The normalized spacial score (nSPS) is 11.4. The van der Waals surface area contributed by atoms with Gasteiger partial charge in [-0.3, -0.25) is 0 Å². The molecule has 0 atom stereocenters. The maximum Gasteiger partial charge on any atom is 0.0210 e. The first-order valence-corrected chi connectivity index (χ1v) is 6.31. The van der Waals surface area contributed by atoms with Crippen LogP contribution >= 0.6 is 0 Å². The Morgan fingerprint density at radius 1 is 1.06 bits per heavy atom. The van der Waals surface area contributed by atoms with Gasteiger partial charge in [-0.05, 0) is 30.4 Å². The zero-order chi connectivity index (χ0) is 12.1. The van der Waals surface area contributed by atoms with Gasteiger partial charge in [-0.1, -0.05) is 51.5 Å². The summed E-state index contributed by atoms with van der Waals surface area (Å²) in [6, 6.07) is 7.36. The zero-order valence-electron chi connectivity index (χ0n) is 11.3. The number of rotatable bonds is 5. The molecule has 0 aromatic heterocycles. The molecular weight excluding hydrogens is 194 g/mol. The molecule has 0 spiro atoms. The van der Waals surface area contributed by atoms with Crippen LogP contribution in [0, 0.1) is 12.8 Å². The Bertz CT molecular complexity index is 326. The lowest BCUT2D eigenvalue weighted by molar-refractivity contribution is 0.579. The third kappa shape index (κ3) is 4.36. The Labute approximate surface area is 100 Å². The first kappa shape index (κ1) is 13.2. The molecule has 0 bridgehead atoms. The van der Waals surface area contributed by atoms with E-state index in [1.807, 2.05) is 0 Å². The summed E-state index contributed by atoms with van der Waals surface area (Å²) in [6.07, 6.45) is 1.18. The maximum atomic E-state index is 3.49.